The third kappa shape index (κ3) is 2.97. The number of hydrogen-bond donors (Lipinski definition) is 2. The molecule has 1 aliphatic rings. The molecule has 0 atom stereocenters. The molecule has 2 heterocycles. The molecule has 0 aliphatic carbocycles. The Labute approximate surface area is 103 Å². The van der Waals surface area contributed by atoms with Gasteiger partial charge in [0.2, 0.25) is 5.95 Å². The highest BCUT2D eigenvalue weighted by molar-refractivity contribution is 5.25. The largest absolute Gasteiger partial charge is 0.355 e. The van der Waals surface area contributed by atoms with Crippen LogP contribution in [0.5, 0.6) is 0 Å². The minimum absolute atomic E-state index is 0.764. The van der Waals surface area contributed by atoms with Gasteiger partial charge in [-0.05, 0) is 45.7 Å². The van der Waals surface area contributed by atoms with Crippen LogP contribution in [0, 0.1) is 5.92 Å². The van der Waals surface area contributed by atoms with Crippen LogP contribution in [0.25, 0.3) is 0 Å². The minimum Gasteiger partial charge on any atom is -0.355 e. The molecule has 5 heteroatoms. The Kier molecular flexibility index (Phi) is 4.36. The number of anilines is 1. The van der Waals surface area contributed by atoms with Crippen molar-refractivity contribution >= 4 is 5.95 Å². The molecule has 1 saturated heterocycles. The van der Waals surface area contributed by atoms with Crippen LogP contribution in [-0.2, 0) is 13.0 Å². The maximum absolute atomic E-state index is 4.33. The number of aromatic nitrogens is 3. The summed E-state index contributed by atoms with van der Waals surface area (Å²) in [5.74, 6) is 2.81. The summed E-state index contributed by atoms with van der Waals surface area (Å²) in [4.78, 5) is 0. The minimum atomic E-state index is 0.764. The molecule has 1 fully saturated rings. The molecular weight excluding hydrogens is 214 g/mol. The summed E-state index contributed by atoms with van der Waals surface area (Å²) in [7, 11) is 0. The lowest BCUT2D eigenvalue weighted by atomic mass is 9.94. The van der Waals surface area contributed by atoms with Gasteiger partial charge in [0.25, 0.3) is 0 Å². The Morgan fingerprint density at radius 2 is 2.06 bits per heavy atom. The Morgan fingerprint density at radius 3 is 2.71 bits per heavy atom. The molecule has 0 spiro atoms. The Bertz CT molecular complexity index is 341. The van der Waals surface area contributed by atoms with Crippen LogP contribution >= 0.6 is 0 Å². The fourth-order valence-corrected chi connectivity index (χ4v) is 2.45. The summed E-state index contributed by atoms with van der Waals surface area (Å²) in [6, 6.07) is 0. The van der Waals surface area contributed by atoms with E-state index in [0.29, 0.717) is 0 Å². The molecule has 0 unspecified atom stereocenters. The van der Waals surface area contributed by atoms with Crippen molar-refractivity contribution < 1.29 is 0 Å². The van der Waals surface area contributed by atoms with E-state index in [1.54, 1.807) is 0 Å². The van der Waals surface area contributed by atoms with Gasteiger partial charge in [-0.1, -0.05) is 0 Å². The highest BCUT2D eigenvalue weighted by Gasteiger charge is 2.18. The number of piperidine rings is 1. The van der Waals surface area contributed by atoms with E-state index in [-0.39, 0.29) is 0 Å². The number of nitrogens with one attached hydrogen (secondary N) is 2. The van der Waals surface area contributed by atoms with Crippen molar-refractivity contribution in [3.8, 4) is 0 Å². The van der Waals surface area contributed by atoms with Crippen LogP contribution in [-0.4, -0.2) is 34.4 Å². The summed E-state index contributed by atoms with van der Waals surface area (Å²) < 4.78 is 2.20. The predicted molar refractivity (Wildman–Crippen MR) is 69.2 cm³/mol. The quantitative estimate of drug-likeness (QED) is 0.810. The van der Waals surface area contributed by atoms with Gasteiger partial charge in [0.1, 0.15) is 5.82 Å². The predicted octanol–water partition coefficient (Wildman–Crippen LogP) is 1.27. The lowest BCUT2D eigenvalue weighted by Gasteiger charge is -2.22. The van der Waals surface area contributed by atoms with Crippen molar-refractivity contribution in [2.75, 3.05) is 25.0 Å². The molecule has 0 saturated carbocycles. The topological polar surface area (TPSA) is 54.8 Å². The van der Waals surface area contributed by atoms with Crippen molar-refractivity contribution in [1.29, 1.82) is 0 Å². The van der Waals surface area contributed by atoms with E-state index < -0.39 is 0 Å². The molecule has 0 aromatic carbocycles. The molecule has 2 rings (SSSR count). The zero-order chi connectivity index (χ0) is 12.1. The first kappa shape index (κ1) is 12.4. The molecule has 2 N–H and O–H groups in total. The molecule has 0 bridgehead atoms. The first-order chi connectivity index (χ1) is 8.35. The van der Waals surface area contributed by atoms with Crippen LogP contribution < -0.4 is 10.6 Å². The van der Waals surface area contributed by atoms with Crippen LogP contribution in [0.2, 0.25) is 0 Å². The number of hydrogen-bond acceptors (Lipinski definition) is 4. The highest BCUT2D eigenvalue weighted by Crippen LogP contribution is 2.18. The molecule has 0 radical (unpaired) electrons. The van der Waals surface area contributed by atoms with Gasteiger partial charge in [-0.3, -0.25) is 4.57 Å². The Balaban J connectivity index is 2.03. The fraction of sp³-hybridized carbons (Fsp3) is 0.833. The third-order valence-electron chi connectivity index (χ3n) is 3.41. The summed E-state index contributed by atoms with van der Waals surface area (Å²) >= 11 is 0. The fourth-order valence-electron chi connectivity index (χ4n) is 2.45. The van der Waals surface area contributed by atoms with Gasteiger partial charge in [0.15, 0.2) is 0 Å². The van der Waals surface area contributed by atoms with Gasteiger partial charge >= 0.3 is 0 Å². The molecule has 1 aromatic heterocycles. The average Bonchev–Trinajstić information content (AvgIpc) is 2.73. The standard InChI is InChI=1S/C12H23N5/c1-3-14-12-16-15-11(17(12)4-2)9-10-5-7-13-8-6-10/h10,13H,3-9H2,1-2H3,(H,14,16). The van der Waals surface area contributed by atoms with Crippen molar-refractivity contribution in [3.63, 3.8) is 0 Å². The van der Waals surface area contributed by atoms with Gasteiger partial charge in [0, 0.05) is 19.5 Å². The van der Waals surface area contributed by atoms with Gasteiger partial charge in [-0.2, -0.15) is 0 Å². The van der Waals surface area contributed by atoms with E-state index >= 15 is 0 Å². The van der Waals surface area contributed by atoms with E-state index in [1.807, 2.05) is 0 Å². The molecule has 1 aromatic rings. The van der Waals surface area contributed by atoms with Crippen LogP contribution in [0.4, 0.5) is 5.95 Å². The smallest absolute Gasteiger partial charge is 0.224 e. The lowest BCUT2D eigenvalue weighted by Crippen LogP contribution is -2.29. The van der Waals surface area contributed by atoms with Gasteiger partial charge in [-0.25, -0.2) is 0 Å². The van der Waals surface area contributed by atoms with Crippen LogP contribution in [0.1, 0.15) is 32.5 Å². The molecule has 96 valence electrons. The summed E-state index contributed by atoms with van der Waals surface area (Å²) in [6.45, 7) is 8.36. The Morgan fingerprint density at radius 1 is 1.29 bits per heavy atom. The van der Waals surface area contributed by atoms with E-state index in [2.05, 4.69) is 39.2 Å². The van der Waals surface area contributed by atoms with Crippen molar-refractivity contribution in [1.82, 2.24) is 20.1 Å². The number of rotatable bonds is 5. The van der Waals surface area contributed by atoms with Crippen molar-refractivity contribution in [3.05, 3.63) is 5.82 Å². The second-order valence-corrected chi connectivity index (χ2v) is 4.61. The monoisotopic (exact) mass is 237 g/mol. The highest BCUT2D eigenvalue weighted by atomic mass is 15.3. The van der Waals surface area contributed by atoms with E-state index in [1.165, 1.54) is 12.8 Å². The first-order valence-corrected chi connectivity index (χ1v) is 6.71. The van der Waals surface area contributed by atoms with Gasteiger partial charge < -0.3 is 10.6 Å². The number of nitrogens with zero attached hydrogens (tertiary/aromatic N) is 3. The summed E-state index contributed by atoms with van der Waals surface area (Å²) in [5, 5.41) is 15.2. The van der Waals surface area contributed by atoms with E-state index in [4.69, 9.17) is 0 Å². The molecule has 0 amide bonds. The zero-order valence-corrected chi connectivity index (χ0v) is 10.9. The average molecular weight is 237 g/mol. The zero-order valence-electron chi connectivity index (χ0n) is 10.9. The first-order valence-electron chi connectivity index (χ1n) is 6.71. The molecule has 17 heavy (non-hydrogen) atoms. The maximum Gasteiger partial charge on any atom is 0.224 e. The van der Waals surface area contributed by atoms with Gasteiger partial charge in [-0.15, -0.1) is 10.2 Å². The second-order valence-electron chi connectivity index (χ2n) is 4.61. The van der Waals surface area contributed by atoms with Crippen molar-refractivity contribution in [2.24, 2.45) is 5.92 Å². The lowest BCUT2D eigenvalue weighted by molar-refractivity contribution is 0.363. The van der Waals surface area contributed by atoms with E-state index in [9.17, 15) is 0 Å². The molecular formula is C12H23N5. The Hall–Kier alpha value is -1.10. The van der Waals surface area contributed by atoms with Crippen LogP contribution in [0.3, 0.4) is 0 Å². The molecule has 1 aliphatic heterocycles. The summed E-state index contributed by atoms with van der Waals surface area (Å²) in [6.07, 6.45) is 3.58. The normalized spacial score (nSPS) is 17.3. The third-order valence-corrected chi connectivity index (χ3v) is 3.41. The molecule has 5 nitrogen and oxygen atoms in total. The van der Waals surface area contributed by atoms with E-state index in [0.717, 1.165) is 50.3 Å². The SMILES string of the molecule is CCNc1nnc(CC2CCNCC2)n1CC. The second kappa shape index (κ2) is 6.00. The maximum atomic E-state index is 4.33. The van der Waals surface area contributed by atoms with Crippen LogP contribution in [0.15, 0.2) is 0 Å². The van der Waals surface area contributed by atoms with Crippen molar-refractivity contribution in [2.45, 2.75) is 39.7 Å². The summed E-state index contributed by atoms with van der Waals surface area (Å²) in [5.41, 5.74) is 0. The van der Waals surface area contributed by atoms with Gasteiger partial charge in [0.05, 0.1) is 0 Å².